The second-order valence-corrected chi connectivity index (χ2v) is 9.38. The molecular formula is C18H23F2N5O4S2. The van der Waals surface area contributed by atoms with Crippen LogP contribution in [0.5, 0.6) is 0 Å². The largest absolute Gasteiger partial charge is 0.394 e. The highest BCUT2D eigenvalue weighted by Gasteiger charge is 2.25. The van der Waals surface area contributed by atoms with Crippen molar-refractivity contribution in [1.82, 2.24) is 14.3 Å². The molecule has 0 spiro atoms. The molecule has 1 aromatic heterocycles. The molecule has 1 atom stereocenters. The third-order valence-electron chi connectivity index (χ3n) is 4.31. The number of morpholine rings is 1. The number of halogens is 2. The van der Waals surface area contributed by atoms with Gasteiger partial charge in [-0.2, -0.15) is 12.7 Å². The van der Waals surface area contributed by atoms with E-state index in [1.807, 2.05) is 0 Å². The van der Waals surface area contributed by atoms with Crippen LogP contribution in [0.25, 0.3) is 0 Å². The standard InChI is InChI=1S/C18H23F2N5O4S2/c1-12(10-26)21-15-9-16(24-31(27,28)25-5-7-29-8-6-25)23-18(22-15)30-11-13-3-2-4-14(19)17(13)20/h2-4,9,12,26H,5-8,10-11H2,1H3,(H2,21,22,23,24)/t12-/m1/s1. The van der Waals surface area contributed by atoms with Gasteiger partial charge in [-0.25, -0.2) is 18.7 Å². The zero-order valence-electron chi connectivity index (χ0n) is 16.7. The zero-order valence-corrected chi connectivity index (χ0v) is 18.3. The molecule has 0 amide bonds. The minimum atomic E-state index is -3.87. The van der Waals surface area contributed by atoms with Crippen LogP contribution >= 0.6 is 11.8 Å². The number of nitrogens with one attached hydrogen (secondary N) is 2. The number of thioether (sulfide) groups is 1. The summed E-state index contributed by atoms with van der Waals surface area (Å²) in [5.41, 5.74) is 0.131. The number of aliphatic hydroxyl groups excluding tert-OH is 1. The predicted molar refractivity (Wildman–Crippen MR) is 113 cm³/mol. The number of aromatic nitrogens is 2. The van der Waals surface area contributed by atoms with Crippen molar-refractivity contribution >= 4 is 33.6 Å². The van der Waals surface area contributed by atoms with Crippen molar-refractivity contribution in [3.05, 3.63) is 41.5 Å². The van der Waals surface area contributed by atoms with Crippen molar-refractivity contribution in [2.45, 2.75) is 23.9 Å². The molecule has 1 aromatic carbocycles. The molecule has 0 bridgehead atoms. The lowest BCUT2D eigenvalue weighted by molar-refractivity contribution is 0.0733. The highest BCUT2D eigenvalue weighted by molar-refractivity contribution is 7.98. The van der Waals surface area contributed by atoms with Crippen molar-refractivity contribution in [3.63, 3.8) is 0 Å². The van der Waals surface area contributed by atoms with E-state index < -0.39 is 21.8 Å². The van der Waals surface area contributed by atoms with Gasteiger partial charge in [-0.05, 0) is 13.0 Å². The van der Waals surface area contributed by atoms with Gasteiger partial charge < -0.3 is 15.2 Å². The molecule has 1 aliphatic heterocycles. The summed E-state index contributed by atoms with van der Waals surface area (Å²) in [6.07, 6.45) is 0. The average molecular weight is 476 g/mol. The van der Waals surface area contributed by atoms with Crippen molar-refractivity contribution in [2.24, 2.45) is 0 Å². The molecule has 0 unspecified atom stereocenters. The Labute approximate surface area is 183 Å². The maximum atomic E-state index is 13.9. The van der Waals surface area contributed by atoms with Gasteiger partial charge in [-0.3, -0.25) is 4.72 Å². The van der Waals surface area contributed by atoms with Gasteiger partial charge in [0, 0.05) is 36.5 Å². The third-order valence-corrected chi connectivity index (χ3v) is 6.71. The predicted octanol–water partition coefficient (Wildman–Crippen LogP) is 1.83. The summed E-state index contributed by atoms with van der Waals surface area (Å²) in [7, 11) is -3.87. The molecule has 170 valence electrons. The molecule has 0 radical (unpaired) electrons. The maximum absolute atomic E-state index is 13.9. The molecule has 3 N–H and O–H groups in total. The van der Waals surface area contributed by atoms with E-state index in [0.717, 1.165) is 17.8 Å². The van der Waals surface area contributed by atoms with Crippen molar-refractivity contribution in [2.75, 3.05) is 42.9 Å². The van der Waals surface area contributed by atoms with E-state index in [1.165, 1.54) is 22.5 Å². The fraction of sp³-hybridized carbons (Fsp3) is 0.444. The van der Waals surface area contributed by atoms with Crippen molar-refractivity contribution < 1.29 is 27.0 Å². The van der Waals surface area contributed by atoms with Crippen LogP contribution in [0, 0.1) is 11.6 Å². The lowest BCUT2D eigenvalue weighted by atomic mass is 10.2. The van der Waals surface area contributed by atoms with Gasteiger partial charge in [0.15, 0.2) is 16.8 Å². The van der Waals surface area contributed by atoms with Gasteiger partial charge in [-0.1, -0.05) is 23.9 Å². The van der Waals surface area contributed by atoms with Gasteiger partial charge in [0.1, 0.15) is 11.6 Å². The monoisotopic (exact) mass is 475 g/mol. The molecule has 9 nitrogen and oxygen atoms in total. The van der Waals surface area contributed by atoms with Gasteiger partial charge in [0.2, 0.25) is 0 Å². The molecule has 2 heterocycles. The first kappa shape index (κ1) is 23.6. The van der Waals surface area contributed by atoms with Crippen LogP contribution in [0.3, 0.4) is 0 Å². The summed E-state index contributed by atoms with van der Waals surface area (Å²) in [6.45, 7) is 2.57. The van der Waals surface area contributed by atoms with Crippen LogP contribution in [0.1, 0.15) is 12.5 Å². The lowest BCUT2D eigenvalue weighted by Crippen LogP contribution is -2.43. The van der Waals surface area contributed by atoms with E-state index in [0.29, 0.717) is 13.2 Å². The van der Waals surface area contributed by atoms with Crippen LogP contribution in [0.4, 0.5) is 20.4 Å². The van der Waals surface area contributed by atoms with E-state index >= 15 is 0 Å². The topological polar surface area (TPSA) is 117 Å². The molecule has 3 rings (SSSR count). The second kappa shape index (κ2) is 10.5. The Kier molecular flexibility index (Phi) is 8.00. The van der Waals surface area contributed by atoms with Crippen LogP contribution in [-0.2, 0) is 20.7 Å². The molecule has 0 saturated carbocycles. The Balaban J connectivity index is 1.82. The summed E-state index contributed by atoms with van der Waals surface area (Å²) in [5, 5.41) is 12.4. The normalized spacial score (nSPS) is 16.1. The summed E-state index contributed by atoms with van der Waals surface area (Å²) < 4.78 is 61.5. The molecule has 1 aliphatic rings. The second-order valence-electron chi connectivity index (χ2n) is 6.77. The smallest absolute Gasteiger partial charge is 0.302 e. The fourth-order valence-electron chi connectivity index (χ4n) is 2.70. The van der Waals surface area contributed by atoms with Crippen LogP contribution in [0.15, 0.2) is 29.4 Å². The molecular weight excluding hydrogens is 452 g/mol. The van der Waals surface area contributed by atoms with E-state index in [9.17, 15) is 22.3 Å². The molecule has 0 aliphatic carbocycles. The summed E-state index contributed by atoms with van der Waals surface area (Å²) in [6, 6.07) is 4.93. The molecule has 13 heteroatoms. The summed E-state index contributed by atoms with van der Waals surface area (Å²) in [5.74, 6) is -1.58. The van der Waals surface area contributed by atoms with Gasteiger partial charge in [-0.15, -0.1) is 0 Å². The number of nitrogens with zero attached hydrogens (tertiary/aromatic N) is 3. The number of anilines is 2. The first-order chi connectivity index (χ1) is 14.8. The molecule has 1 fully saturated rings. The maximum Gasteiger partial charge on any atom is 0.302 e. The van der Waals surface area contributed by atoms with Crippen molar-refractivity contribution in [1.29, 1.82) is 0 Å². The van der Waals surface area contributed by atoms with Gasteiger partial charge in [0.25, 0.3) is 0 Å². The minimum Gasteiger partial charge on any atom is -0.394 e. The number of hydrogen-bond donors (Lipinski definition) is 3. The quantitative estimate of drug-likeness (QED) is 0.372. The number of hydrogen-bond acceptors (Lipinski definition) is 8. The zero-order chi connectivity index (χ0) is 22.4. The van der Waals surface area contributed by atoms with Crippen LogP contribution < -0.4 is 10.0 Å². The number of benzene rings is 1. The SMILES string of the molecule is C[C@H](CO)Nc1cc(NS(=O)(=O)N2CCOCC2)nc(SCc2cccc(F)c2F)n1. The highest BCUT2D eigenvalue weighted by Crippen LogP contribution is 2.26. The van der Waals surface area contributed by atoms with E-state index in [-0.39, 0.29) is 53.8 Å². The number of aliphatic hydroxyl groups is 1. The minimum absolute atomic E-state index is 0.0105. The summed E-state index contributed by atoms with van der Waals surface area (Å²) in [4.78, 5) is 8.47. The molecule has 2 aromatic rings. The first-order valence-electron chi connectivity index (χ1n) is 9.46. The highest BCUT2D eigenvalue weighted by atomic mass is 32.2. The number of ether oxygens (including phenoxy) is 1. The summed E-state index contributed by atoms with van der Waals surface area (Å²) >= 11 is 1.02. The van der Waals surface area contributed by atoms with Gasteiger partial charge >= 0.3 is 10.2 Å². The van der Waals surface area contributed by atoms with E-state index in [4.69, 9.17) is 4.74 Å². The molecule has 1 saturated heterocycles. The Morgan fingerprint density at radius 2 is 1.97 bits per heavy atom. The Morgan fingerprint density at radius 3 is 2.68 bits per heavy atom. The Bertz CT molecular complexity index is 1010. The first-order valence-corrected chi connectivity index (χ1v) is 11.9. The molecule has 31 heavy (non-hydrogen) atoms. The average Bonchev–Trinajstić information content (AvgIpc) is 2.75. The Morgan fingerprint density at radius 1 is 1.26 bits per heavy atom. The number of rotatable bonds is 9. The van der Waals surface area contributed by atoms with Crippen LogP contribution in [0.2, 0.25) is 0 Å². The van der Waals surface area contributed by atoms with E-state index in [1.54, 1.807) is 6.92 Å². The van der Waals surface area contributed by atoms with Crippen LogP contribution in [-0.4, -0.2) is 66.7 Å². The van der Waals surface area contributed by atoms with Gasteiger partial charge in [0.05, 0.1) is 19.8 Å². The Hall–Kier alpha value is -2.06. The van der Waals surface area contributed by atoms with Crippen molar-refractivity contribution in [3.8, 4) is 0 Å². The lowest BCUT2D eigenvalue weighted by Gasteiger charge is -2.26. The third kappa shape index (κ3) is 6.46. The van der Waals surface area contributed by atoms with E-state index in [2.05, 4.69) is 20.0 Å². The fourth-order valence-corrected chi connectivity index (χ4v) is 4.66.